The Bertz CT molecular complexity index is 484. The van der Waals surface area contributed by atoms with E-state index in [-0.39, 0.29) is 17.2 Å². The van der Waals surface area contributed by atoms with Gasteiger partial charge in [-0.15, -0.1) is 0 Å². The monoisotopic (exact) mass is 275 g/mol. The number of hydrogen-bond donors (Lipinski definition) is 1. The third-order valence-corrected chi connectivity index (χ3v) is 2.74. The Hall–Kier alpha value is -1.92. The van der Waals surface area contributed by atoms with Crippen molar-refractivity contribution >= 4 is 5.91 Å². The molecule has 1 aromatic carbocycles. The van der Waals surface area contributed by atoms with E-state index in [1.165, 1.54) is 6.07 Å². The van der Waals surface area contributed by atoms with Crippen molar-refractivity contribution in [3.8, 4) is 11.5 Å². The lowest BCUT2D eigenvalue weighted by molar-refractivity contribution is -0.153. The summed E-state index contributed by atoms with van der Waals surface area (Å²) in [7, 11) is 0. The van der Waals surface area contributed by atoms with Gasteiger partial charge in [0.05, 0.1) is 0 Å². The highest BCUT2D eigenvalue weighted by Gasteiger charge is 2.29. The molecule has 0 aromatic heterocycles. The van der Waals surface area contributed by atoms with Gasteiger partial charge in [0.1, 0.15) is 0 Å². The molecule has 1 aromatic rings. The zero-order valence-electron chi connectivity index (χ0n) is 9.91. The lowest BCUT2D eigenvalue weighted by Crippen LogP contribution is -2.42. The van der Waals surface area contributed by atoms with Crippen LogP contribution in [0, 0.1) is 0 Å². The first-order chi connectivity index (χ1) is 8.87. The number of aromatic hydroxyl groups is 1. The Morgan fingerprint density at radius 1 is 1.37 bits per heavy atom. The van der Waals surface area contributed by atoms with Crippen LogP contribution < -0.4 is 4.74 Å². The second-order valence-corrected chi connectivity index (χ2v) is 4.23. The Morgan fingerprint density at radius 3 is 2.58 bits per heavy atom. The van der Waals surface area contributed by atoms with Crippen molar-refractivity contribution in [2.24, 2.45) is 0 Å². The highest BCUT2D eigenvalue weighted by atomic mass is 19.4. The second kappa shape index (κ2) is 4.99. The van der Waals surface area contributed by atoms with E-state index in [0.717, 1.165) is 18.6 Å². The first kappa shape index (κ1) is 13.5. The number of ether oxygens (including phenoxy) is 1. The van der Waals surface area contributed by atoms with Gasteiger partial charge in [-0.1, -0.05) is 0 Å². The molecule has 0 atom stereocenters. The number of likely N-dealkylation sites (tertiary alicyclic amines) is 1. The summed E-state index contributed by atoms with van der Waals surface area (Å²) in [6.07, 6.45) is -3.58. The Balaban J connectivity index is 2.12. The molecule has 1 amide bonds. The zero-order chi connectivity index (χ0) is 14.0. The van der Waals surface area contributed by atoms with Crippen molar-refractivity contribution < 1.29 is 27.8 Å². The zero-order valence-corrected chi connectivity index (χ0v) is 9.91. The molecule has 1 aliphatic heterocycles. The maximum atomic E-state index is 12.0. The van der Waals surface area contributed by atoms with Crippen LogP contribution in [0.1, 0.15) is 16.8 Å². The molecule has 0 aliphatic carbocycles. The van der Waals surface area contributed by atoms with Gasteiger partial charge < -0.3 is 14.7 Å². The fourth-order valence-corrected chi connectivity index (χ4v) is 1.62. The molecule has 0 unspecified atom stereocenters. The fourth-order valence-electron chi connectivity index (χ4n) is 1.62. The van der Waals surface area contributed by atoms with E-state index in [0.29, 0.717) is 13.1 Å². The van der Waals surface area contributed by atoms with Crippen LogP contribution in [0.5, 0.6) is 11.5 Å². The molecule has 104 valence electrons. The number of carbonyl (C=O) groups excluding carboxylic acids is 1. The maximum Gasteiger partial charge on any atom is 0.422 e. The summed E-state index contributed by atoms with van der Waals surface area (Å²) in [6, 6.07) is 3.64. The Labute approximate surface area is 107 Å². The smallest absolute Gasteiger partial charge is 0.422 e. The van der Waals surface area contributed by atoms with Crippen LogP contribution in [-0.4, -0.2) is 41.8 Å². The van der Waals surface area contributed by atoms with Crippen molar-refractivity contribution in [1.82, 2.24) is 4.90 Å². The van der Waals surface area contributed by atoms with Gasteiger partial charge in [-0.05, 0) is 24.6 Å². The Kier molecular flexibility index (Phi) is 3.55. The number of benzene rings is 1. The summed E-state index contributed by atoms with van der Waals surface area (Å²) in [5, 5.41) is 9.41. The van der Waals surface area contributed by atoms with E-state index < -0.39 is 18.5 Å². The molecule has 0 bridgehead atoms. The Morgan fingerprint density at radius 2 is 2.05 bits per heavy atom. The van der Waals surface area contributed by atoms with Crippen molar-refractivity contribution in [3.05, 3.63) is 23.8 Å². The van der Waals surface area contributed by atoms with Crippen molar-refractivity contribution in [2.75, 3.05) is 19.7 Å². The van der Waals surface area contributed by atoms with Crippen molar-refractivity contribution in [1.29, 1.82) is 0 Å². The molecular formula is C12H12F3NO3. The van der Waals surface area contributed by atoms with Gasteiger partial charge in [0, 0.05) is 18.7 Å². The molecular weight excluding hydrogens is 263 g/mol. The summed E-state index contributed by atoms with van der Waals surface area (Å²) in [5.41, 5.74) is 0.203. The summed E-state index contributed by atoms with van der Waals surface area (Å²) in [4.78, 5) is 13.4. The number of hydrogen-bond acceptors (Lipinski definition) is 3. The molecule has 19 heavy (non-hydrogen) atoms. The quantitative estimate of drug-likeness (QED) is 0.919. The van der Waals surface area contributed by atoms with Crippen molar-refractivity contribution in [3.63, 3.8) is 0 Å². The predicted molar refractivity (Wildman–Crippen MR) is 60.2 cm³/mol. The third kappa shape index (κ3) is 3.30. The maximum absolute atomic E-state index is 12.0. The van der Waals surface area contributed by atoms with Gasteiger partial charge in [-0.25, -0.2) is 0 Å². The minimum Gasteiger partial charge on any atom is -0.504 e. The minimum atomic E-state index is -4.50. The number of halogens is 3. The minimum absolute atomic E-state index is 0.203. The molecule has 4 nitrogen and oxygen atoms in total. The summed E-state index contributed by atoms with van der Waals surface area (Å²) >= 11 is 0. The highest BCUT2D eigenvalue weighted by Crippen LogP contribution is 2.29. The van der Waals surface area contributed by atoms with E-state index >= 15 is 0 Å². The summed E-state index contributed by atoms with van der Waals surface area (Å²) in [6.45, 7) is -0.237. The molecule has 1 N–H and O–H groups in total. The average Bonchev–Trinajstić information content (AvgIpc) is 2.24. The molecule has 1 saturated heterocycles. The molecule has 7 heteroatoms. The van der Waals surface area contributed by atoms with Crippen LogP contribution in [0.3, 0.4) is 0 Å². The highest BCUT2D eigenvalue weighted by molar-refractivity contribution is 5.95. The number of alkyl halides is 3. The summed E-state index contributed by atoms with van der Waals surface area (Å²) < 4.78 is 40.6. The lowest BCUT2D eigenvalue weighted by Gasteiger charge is -2.31. The van der Waals surface area contributed by atoms with Crippen molar-refractivity contribution in [2.45, 2.75) is 12.6 Å². The van der Waals surface area contributed by atoms with Crippen LogP contribution >= 0.6 is 0 Å². The van der Waals surface area contributed by atoms with Crippen LogP contribution in [0.4, 0.5) is 13.2 Å². The molecule has 0 radical (unpaired) electrons. The van der Waals surface area contributed by atoms with Gasteiger partial charge in [0.25, 0.3) is 5.91 Å². The largest absolute Gasteiger partial charge is 0.504 e. The molecule has 2 rings (SSSR count). The number of phenolic OH excluding ortho intramolecular Hbond substituents is 1. The van der Waals surface area contributed by atoms with Gasteiger partial charge >= 0.3 is 6.18 Å². The van der Waals surface area contributed by atoms with Gasteiger partial charge in [0.15, 0.2) is 18.1 Å². The first-order valence-electron chi connectivity index (χ1n) is 5.69. The van der Waals surface area contributed by atoms with E-state index in [2.05, 4.69) is 4.74 Å². The number of rotatable bonds is 3. The van der Waals surface area contributed by atoms with Crippen LogP contribution in [0.25, 0.3) is 0 Å². The SMILES string of the molecule is O=C(c1ccc(O)c(OCC(F)(F)F)c1)N1CCC1. The molecule has 0 spiro atoms. The predicted octanol–water partition coefficient (Wildman–Crippen LogP) is 2.18. The molecule has 0 saturated carbocycles. The number of phenols is 1. The third-order valence-electron chi connectivity index (χ3n) is 2.74. The van der Waals surface area contributed by atoms with Gasteiger partial charge in [-0.2, -0.15) is 13.2 Å². The van der Waals surface area contributed by atoms with E-state index in [9.17, 15) is 23.1 Å². The first-order valence-corrected chi connectivity index (χ1v) is 5.69. The van der Waals surface area contributed by atoms with Gasteiger partial charge in [0.2, 0.25) is 0 Å². The standard InChI is InChI=1S/C12H12F3NO3/c13-12(14,15)7-19-10-6-8(2-3-9(10)17)11(18)16-4-1-5-16/h2-3,6,17H,1,4-5,7H2. The van der Waals surface area contributed by atoms with Gasteiger partial charge in [-0.3, -0.25) is 4.79 Å². The number of nitrogens with zero attached hydrogens (tertiary/aromatic N) is 1. The van der Waals surface area contributed by atoms with Crippen LogP contribution in [0.15, 0.2) is 18.2 Å². The van der Waals surface area contributed by atoms with E-state index in [4.69, 9.17) is 0 Å². The van der Waals surface area contributed by atoms with E-state index in [1.807, 2.05) is 0 Å². The molecule has 1 fully saturated rings. The number of amides is 1. The fraction of sp³-hybridized carbons (Fsp3) is 0.417. The number of carbonyl (C=O) groups is 1. The van der Waals surface area contributed by atoms with Crippen LogP contribution in [0.2, 0.25) is 0 Å². The molecule has 1 heterocycles. The average molecular weight is 275 g/mol. The summed E-state index contributed by atoms with van der Waals surface area (Å²) in [5.74, 6) is -1.05. The van der Waals surface area contributed by atoms with Crippen LogP contribution in [-0.2, 0) is 0 Å². The normalized spacial score (nSPS) is 15.0. The second-order valence-electron chi connectivity index (χ2n) is 4.23. The topological polar surface area (TPSA) is 49.8 Å². The molecule has 1 aliphatic rings. The van der Waals surface area contributed by atoms with E-state index in [1.54, 1.807) is 4.90 Å². The lowest BCUT2D eigenvalue weighted by atomic mass is 10.1.